The van der Waals surface area contributed by atoms with Crippen molar-refractivity contribution in [1.29, 1.82) is 0 Å². The predicted molar refractivity (Wildman–Crippen MR) is 73.2 cm³/mol. The molecule has 0 aliphatic carbocycles. The Morgan fingerprint density at radius 1 is 1.37 bits per heavy atom. The maximum absolute atomic E-state index is 11.9. The second-order valence-corrected chi connectivity index (χ2v) is 4.56. The summed E-state index contributed by atoms with van der Waals surface area (Å²) < 4.78 is 6.65. The van der Waals surface area contributed by atoms with Gasteiger partial charge in [0.05, 0.1) is 17.1 Å². The van der Waals surface area contributed by atoms with E-state index in [0.717, 1.165) is 5.56 Å². The average Bonchev–Trinajstić information content (AvgIpc) is 2.69. The first-order chi connectivity index (χ1) is 9.15. The largest absolute Gasteiger partial charge is 0.420 e. The topological polar surface area (TPSA) is 74.0 Å². The monoisotopic (exact) mass is 275 g/mol. The molecule has 0 unspecified atom stereocenters. The van der Waals surface area contributed by atoms with Crippen LogP contribution in [-0.2, 0) is 6.54 Å². The first kappa shape index (κ1) is 11.8. The zero-order chi connectivity index (χ0) is 13.4. The number of anilines is 1. The number of hydrogen-bond donors (Lipinski definition) is 1. The van der Waals surface area contributed by atoms with E-state index in [0.29, 0.717) is 28.4 Å². The molecule has 96 valence electrons. The van der Waals surface area contributed by atoms with E-state index >= 15 is 0 Å². The lowest BCUT2D eigenvalue weighted by atomic mass is 10.2. The minimum absolute atomic E-state index is 0.316. The fraction of sp³-hybridized carbons (Fsp3) is 0.0769. The fourth-order valence-electron chi connectivity index (χ4n) is 1.93. The highest BCUT2D eigenvalue weighted by molar-refractivity contribution is 6.31. The number of halogens is 1. The third kappa shape index (κ3) is 2.08. The summed E-state index contributed by atoms with van der Waals surface area (Å²) in [7, 11) is 0. The smallest absolute Gasteiger partial charge is 0.408 e. The number of nitrogens with zero attached hydrogens (tertiary/aromatic N) is 2. The maximum atomic E-state index is 11.9. The minimum Gasteiger partial charge on any atom is -0.408 e. The van der Waals surface area contributed by atoms with Crippen molar-refractivity contribution in [2.45, 2.75) is 6.54 Å². The van der Waals surface area contributed by atoms with Crippen molar-refractivity contribution in [3.05, 3.63) is 57.8 Å². The molecule has 1 aromatic carbocycles. The van der Waals surface area contributed by atoms with E-state index in [4.69, 9.17) is 21.8 Å². The first-order valence-electron chi connectivity index (χ1n) is 5.62. The van der Waals surface area contributed by atoms with Crippen molar-refractivity contribution in [1.82, 2.24) is 9.55 Å². The maximum Gasteiger partial charge on any atom is 0.420 e. The second-order valence-electron chi connectivity index (χ2n) is 4.15. The number of rotatable bonds is 2. The van der Waals surface area contributed by atoms with E-state index in [9.17, 15) is 4.79 Å². The molecule has 0 spiro atoms. The van der Waals surface area contributed by atoms with E-state index < -0.39 is 5.76 Å². The van der Waals surface area contributed by atoms with Gasteiger partial charge in [0.25, 0.3) is 0 Å². The van der Waals surface area contributed by atoms with Gasteiger partial charge >= 0.3 is 5.76 Å². The Morgan fingerprint density at radius 2 is 2.21 bits per heavy atom. The van der Waals surface area contributed by atoms with Crippen LogP contribution in [0.3, 0.4) is 0 Å². The quantitative estimate of drug-likeness (QED) is 0.728. The van der Waals surface area contributed by atoms with Gasteiger partial charge in [-0.25, -0.2) is 4.79 Å². The van der Waals surface area contributed by atoms with Crippen LogP contribution in [0.2, 0.25) is 5.02 Å². The summed E-state index contributed by atoms with van der Waals surface area (Å²) in [5.74, 6) is -0.437. The Hall–Kier alpha value is -2.27. The van der Waals surface area contributed by atoms with Crippen LogP contribution >= 0.6 is 11.6 Å². The number of hydrogen-bond acceptors (Lipinski definition) is 4. The molecule has 0 saturated heterocycles. The summed E-state index contributed by atoms with van der Waals surface area (Å²) in [6.45, 7) is 0.316. The molecule has 0 amide bonds. The summed E-state index contributed by atoms with van der Waals surface area (Å²) in [4.78, 5) is 15.8. The van der Waals surface area contributed by atoms with Crippen LogP contribution in [-0.4, -0.2) is 9.55 Å². The van der Waals surface area contributed by atoms with Crippen LogP contribution < -0.4 is 11.5 Å². The van der Waals surface area contributed by atoms with Crippen LogP contribution in [0.1, 0.15) is 5.56 Å². The number of benzene rings is 1. The van der Waals surface area contributed by atoms with Gasteiger partial charge in [-0.3, -0.25) is 9.55 Å². The Kier molecular flexibility index (Phi) is 2.76. The van der Waals surface area contributed by atoms with Crippen LogP contribution in [0.5, 0.6) is 0 Å². The summed E-state index contributed by atoms with van der Waals surface area (Å²) in [6.07, 6.45) is 3.17. The summed E-state index contributed by atoms with van der Waals surface area (Å²) >= 11 is 6.04. The molecular formula is C13H10ClN3O2. The molecule has 0 fully saturated rings. The lowest BCUT2D eigenvalue weighted by Crippen LogP contribution is -2.15. The second kappa shape index (κ2) is 4.44. The van der Waals surface area contributed by atoms with Gasteiger partial charge < -0.3 is 10.2 Å². The van der Waals surface area contributed by atoms with E-state index in [2.05, 4.69) is 4.98 Å². The SMILES string of the molecule is Nc1ccc2oc(=O)n(Cc3ccncc3Cl)c2c1. The van der Waals surface area contributed by atoms with Crippen molar-refractivity contribution in [3.63, 3.8) is 0 Å². The normalized spacial score (nSPS) is 11.0. The molecular weight excluding hydrogens is 266 g/mol. The Balaban J connectivity index is 2.15. The number of fused-ring (bicyclic) bond motifs is 1. The van der Waals surface area contributed by atoms with Crippen molar-refractivity contribution < 1.29 is 4.42 Å². The third-order valence-corrected chi connectivity index (χ3v) is 3.22. The molecule has 3 rings (SSSR count). The molecule has 0 aliphatic rings. The van der Waals surface area contributed by atoms with Crippen molar-refractivity contribution >= 4 is 28.4 Å². The first-order valence-corrected chi connectivity index (χ1v) is 6.00. The molecule has 3 aromatic rings. The lowest BCUT2D eigenvalue weighted by Gasteiger charge is -2.04. The van der Waals surface area contributed by atoms with E-state index in [1.807, 2.05) is 0 Å². The standard InChI is InChI=1S/C13H10ClN3O2/c14-10-6-16-4-3-8(10)7-17-11-5-9(15)1-2-12(11)19-13(17)18/h1-6H,7,15H2. The molecule has 2 N–H and O–H groups in total. The van der Waals surface area contributed by atoms with Crippen LogP contribution in [0.15, 0.2) is 45.9 Å². The minimum atomic E-state index is -0.437. The van der Waals surface area contributed by atoms with Crippen LogP contribution in [0, 0.1) is 0 Å². The molecule has 0 bridgehead atoms. The molecule has 2 aromatic heterocycles. The highest BCUT2D eigenvalue weighted by Gasteiger charge is 2.11. The molecule has 2 heterocycles. The number of aromatic nitrogens is 2. The van der Waals surface area contributed by atoms with Crippen LogP contribution in [0.4, 0.5) is 5.69 Å². The van der Waals surface area contributed by atoms with Crippen LogP contribution in [0.25, 0.3) is 11.1 Å². The zero-order valence-electron chi connectivity index (χ0n) is 9.84. The fourth-order valence-corrected chi connectivity index (χ4v) is 2.11. The zero-order valence-corrected chi connectivity index (χ0v) is 10.6. The van der Waals surface area contributed by atoms with Gasteiger partial charge in [-0.05, 0) is 29.8 Å². The molecule has 0 atom stereocenters. The Bertz CT molecular complexity index is 807. The highest BCUT2D eigenvalue weighted by Crippen LogP contribution is 2.20. The van der Waals surface area contributed by atoms with Crippen molar-refractivity contribution in [3.8, 4) is 0 Å². The molecule has 0 aliphatic heterocycles. The van der Waals surface area contributed by atoms with Gasteiger partial charge in [0, 0.05) is 18.1 Å². The van der Waals surface area contributed by atoms with E-state index in [-0.39, 0.29) is 0 Å². The number of oxazole rings is 1. The van der Waals surface area contributed by atoms with Gasteiger partial charge in [0.15, 0.2) is 5.58 Å². The molecule has 19 heavy (non-hydrogen) atoms. The van der Waals surface area contributed by atoms with E-state index in [1.54, 1.807) is 36.7 Å². The summed E-state index contributed by atoms with van der Waals surface area (Å²) in [5, 5.41) is 0.507. The molecule has 5 nitrogen and oxygen atoms in total. The lowest BCUT2D eigenvalue weighted by molar-refractivity contribution is 0.517. The van der Waals surface area contributed by atoms with Gasteiger partial charge in [-0.15, -0.1) is 0 Å². The number of pyridine rings is 1. The Morgan fingerprint density at radius 3 is 3.00 bits per heavy atom. The highest BCUT2D eigenvalue weighted by atomic mass is 35.5. The average molecular weight is 276 g/mol. The van der Waals surface area contributed by atoms with Gasteiger partial charge in [0.1, 0.15) is 0 Å². The van der Waals surface area contributed by atoms with E-state index in [1.165, 1.54) is 4.57 Å². The third-order valence-electron chi connectivity index (χ3n) is 2.88. The summed E-state index contributed by atoms with van der Waals surface area (Å²) in [5.41, 5.74) is 8.25. The molecule has 6 heteroatoms. The van der Waals surface area contributed by atoms with Gasteiger partial charge in [-0.2, -0.15) is 0 Å². The molecule has 0 saturated carbocycles. The van der Waals surface area contributed by atoms with Gasteiger partial charge in [0.2, 0.25) is 0 Å². The van der Waals surface area contributed by atoms with Crippen molar-refractivity contribution in [2.24, 2.45) is 0 Å². The molecule has 0 radical (unpaired) electrons. The van der Waals surface area contributed by atoms with Gasteiger partial charge in [-0.1, -0.05) is 11.6 Å². The Labute approximate surface area is 113 Å². The predicted octanol–water partition coefficient (Wildman–Crippen LogP) is 2.27. The number of nitrogens with two attached hydrogens (primary N) is 1. The summed E-state index contributed by atoms with van der Waals surface area (Å²) in [6, 6.07) is 6.83. The number of nitrogen functional groups attached to an aromatic ring is 1. The van der Waals surface area contributed by atoms with Crippen molar-refractivity contribution in [2.75, 3.05) is 5.73 Å².